The summed E-state index contributed by atoms with van der Waals surface area (Å²) in [5.41, 5.74) is 1.82. The number of aliphatic hydroxyl groups excluding tert-OH is 1. The lowest BCUT2D eigenvalue weighted by molar-refractivity contribution is 0.126. The maximum atomic E-state index is 9.07. The van der Waals surface area contributed by atoms with Crippen LogP contribution in [0.2, 0.25) is 0 Å². The Balaban J connectivity index is 2.00. The molecule has 0 saturated heterocycles. The highest BCUT2D eigenvalue weighted by Gasteiger charge is 2.10. The summed E-state index contributed by atoms with van der Waals surface area (Å²) in [5, 5.41) is 9.07. The molecular formula is C15H20N2O3. The Hall–Kier alpha value is -1.69. The molecule has 20 heavy (non-hydrogen) atoms. The van der Waals surface area contributed by atoms with Crippen molar-refractivity contribution in [2.24, 2.45) is 0 Å². The van der Waals surface area contributed by atoms with Crippen LogP contribution in [0.3, 0.4) is 0 Å². The average molecular weight is 276 g/mol. The van der Waals surface area contributed by atoms with Crippen molar-refractivity contribution in [3.8, 4) is 11.5 Å². The number of aliphatic hydroxyl groups is 1. The number of methoxy groups -OCH3 is 1. The smallest absolute Gasteiger partial charge is 0.226 e. The number of hydrogen-bond acceptors (Lipinski definition) is 5. The van der Waals surface area contributed by atoms with Crippen molar-refractivity contribution in [3.05, 3.63) is 42.3 Å². The van der Waals surface area contributed by atoms with Crippen LogP contribution in [0.5, 0.6) is 0 Å². The van der Waals surface area contributed by atoms with Crippen LogP contribution >= 0.6 is 0 Å². The van der Waals surface area contributed by atoms with E-state index in [2.05, 4.69) is 9.88 Å². The van der Waals surface area contributed by atoms with Crippen LogP contribution in [0, 0.1) is 0 Å². The summed E-state index contributed by atoms with van der Waals surface area (Å²) in [6.45, 7) is 2.73. The fourth-order valence-electron chi connectivity index (χ4n) is 1.95. The molecule has 1 aromatic carbocycles. The third-order valence-corrected chi connectivity index (χ3v) is 2.99. The Morgan fingerprint density at radius 2 is 2.05 bits per heavy atom. The lowest BCUT2D eigenvalue weighted by Crippen LogP contribution is -2.29. The molecule has 1 heterocycles. The third kappa shape index (κ3) is 4.16. The largest absolute Gasteiger partial charge is 0.444 e. The first-order valence-corrected chi connectivity index (χ1v) is 6.65. The van der Waals surface area contributed by atoms with Gasteiger partial charge in [-0.2, -0.15) is 0 Å². The van der Waals surface area contributed by atoms with Crippen molar-refractivity contribution in [2.75, 3.05) is 33.4 Å². The van der Waals surface area contributed by atoms with Gasteiger partial charge in [0, 0.05) is 32.3 Å². The maximum absolute atomic E-state index is 9.07. The van der Waals surface area contributed by atoms with Gasteiger partial charge in [0.15, 0.2) is 0 Å². The van der Waals surface area contributed by atoms with Gasteiger partial charge in [0.1, 0.15) is 6.26 Å². The van der Waals surface area contributed by atoms with Crippen LogP contribution in [0.1, 0.15) is 5.69 Å². The number of nitrogens with zero attached hydrogens (tertiary/aromatic N) is 2. The lowest BCUT2D eigenvalue weighted by Gasteiger charge is -2.19. The van der Waals surface area contributed by atoms with E-state index in [9.17, 15) is 0 Å². The van der Waals surface area contributed by atoms with Crippen molar-refractivity contribution in [2.45, 2.75) is 6.54 Å². The third-order valence-electron chi connectivity index (χ3n) is 2.99. The van der Waals surface area contributed by atoms with Crippen molar-refractivity contribution < 1.29 is 14.3 Å². The quantitative estimate of drug-likeness (QED) is 0.796. The Labute approximate surface area is 118 Å². The number of ether oxygens (including phenoxy) is 1. The predicted octanol–water partition coefficient (Wildman–Crippen LogP) is 1.78. The van der Waals surface area contributed by atoms with Crippen molar-refractivity contribution in [3.63, 3.8) is 0 Å². The Kier molecular flexibility index (Phi) is 5.73. The number of aromatic nitrogens is 1. The molecule has 0 aliphatic carbocycles. The van der Waals surface area contributed by atoms with Crippen LogP contribution in [-0.4, -0.2) is 48.4 Å². The zero-order valence-electron chi connectivity index (χ0n) is 11.7. The van der Waals surface area contributed by atoms with E-state index in [-0.39, 0.29) is 6.61 Å². The van der Waals surface area contributed by atoms with E-state index in [1.54, 1.807) is 13.4 Å². The monoisotopic (exact) mass is 276 g/mol. The second kappa shape index (κ2) is 7.79. The summed E-state index contributed by atoms with van der Waals surface area (Å²) < 4.78 is 10.6. The molecule has 0 aliphatic heterocycles. The summed E-state index contributed by atoms with van der Waals surface area (Å²) >= 11 is 0. The minimum atomic E-state index is 0.118. The molecule has 108 valence electrons. The minimum absolute atomic E-state index is 0.118. The number of benzene rings is 1. The summed E-state index contributed by atoms with van der Waals surface area (Å²) in [6, 6.07) is 9.80. The van der Waals surface area contributed by atoms with Crippen molar-refractivity contribution in [1.29, 1.82) is 0 Å². The summed E-state index contributed by atoms with van der Waals surface area (Å²) in [5.74, 6) is 0.622. The van der Waals surface area contributed by atoms with Gasteiger partial charge in [-0.15, -0.1) is 0 Å². The zero-order chi connectivity index (χ0) is 14.2. The number of rotatable bonds is 8. The molecule has 0 fully saturated rings. The first-order chi connectivity index (χ1) is 9.83. The number of hydrogen-bond donors (Lipinski definition) is 1. The molecule has 0 amide bonds. The van der Waals surface area contributed by atoms with E-state index >= 15 is 0 Å². The minimum Gasteiger partial charge on any atom is -0.444 e. The van der Waals surface area contributed by atoms with E-state index in [0.717, 1.165) is 17.8 Å². The highest BCUT2D eigenvalue weighted by atomic mass is 16.5. The van der Waals surface area contributed by atoms with Gasteiger partial charge in [0.2, 0.25) is 5.89 Å². The average Bonchev–Trinajstić information content (AvgIpc) is 2.94. The van der Waals surface area contributed by atoms with Crippen molar-refractivity contribution >= 4 is 0 Å². The molecule has 1 aromatic heterocycles. The zero-order valence-corrected chi connectivity index (χ0v) is 11.7. The fourth-order valence-corrected chi connectivity index (χ4v) is 1.95. The Morgan fingerprint density at radius 1 is 1.25 bits per heavy atom. The topological polar surface area (TPSA) is 58.7 Å². The van der Waals surface area contributed by atoms with Crippen LogP contribution in [-0.2, 0) is 11.3 Å². The normalized spacial score (nSPS) is 11.2. The molecule has 5 nitrogen and oxygen atoms in total. The summed E-state index contributed by atoms with van der Waals surface area (Å²) in [7, 11) is 1.67. The molecular weight excluding hydrogens is 256 g/mol. The van der Waals surface area contributed by atoms with Gasteiger partial charge in [-0.25, -0.2) is 4.98 Å². The second-order valence-electron chi connectivity index (χ2n) is 4.50. The molecule has 0 saturated carbocycles. The van der Waals surface area contributed by atoms with Crippen LogP contribution in [0.4, 0.5) is 0 Å². The van der Waals surface area contributed by atoms with E-state index in [1.807, 2.05) is 30.3 Å². The highest BCUT2D eigenvalue weighted by Crippen LogP contribution is 2.18. The molecule has 0 radical (unpaired) electrons. The summed E-state index contributed by atoms with van der Waals surface area (Å²) in [6.07, 6.45) is 1.67. The standard InChI is InChI=1S/C15H20N2O3/c1-19-10-8-17(7-9-18)11-14-12-20-15(16-14)13-5-3-2-4-6-13/h2-6,12,18H,7-11H2,1H3. The van der Waals surface area contributed by atoms with Crippen molar-refractivity contribution in [1.82, 2.24) is 9.88 Å². The van der Waals surface area contributed by atoms with Gasteiger partial charge in [-0.3, -0.25) is 4.90 Å². The predicted molar refractivity (Wildman–Crippen MR) is 76.2 cm³/mol. The first kappa shape index (κ1) is 14.7. The van der Waals surface area contributed by atoms with Gasteiger partial charge in [0.25, 0.3) is 0 Å². The lowest BCUT2D eigenvalue weighted by atomic mass is 10.2. The molecule has 2 aromatic rings. The molecule has 0 bridgehead atoms. The van der Waals surface area contributed by atoms with Gasteiger partial charge in [-0.1, -0.05) is 18.2 Å². The fraction of sp³-hybridized carbons (Fsp3) is 0.400. The molecule has 0 unspecified atom stereocenters. The van der Waals surface area contributed by atoms with Gasteiger partial charge < -0.3 is 14.3 Å². The molecule has 5 heteroatoms. The summed E-state index contributed by atoms with van der Waals surface area (Å²) in [4.78, 5) is 6.56. The molecule has 0 atom stereocenters. The Morgan fingerprint density at radius 3 is 2.75 bits per heavy atom. The molecule has 0 spiro atoms. The maximum Gasteiger partial charge on any atom is 0.226 e. The van der Waals surface area contributed by atoms with Gasteiger partial charge in [0.05, 0.1) is 18.9 Å². The van der Waals surface area contributed by atoms with Gasteiger partial charge >= 0.3 is 0 Å². The highest BCUT2D eigenvalue weighted by molar-refractivity contribution is 5.52. The van der Waals surface area contributed by atoms with E-state index in [0.29, 0.717) is 25.6 Å². The Bertz CT molecular complexity index is 499. The molecule has 0 aliphatic rings. The van der Waals surface area contributed by atoms with Gasteiger partial charge in [-0.05, 0) is 12.1 Å². The number of oxazole rings is 1. The SMILES string of the molecule is COCCN(CCO)Cc1coc(-c2ccccc2)n1. The molecule has 1 N–H and O–H groups in total. The van der Waals surface area contributed by atoms with E-state index in [1.165, 1.54) is 0 Å². The first-order valence-electron chi connectivity index (χ1n) is 6.65. The van der Waals surface area contributed by atoms with Crippen LogP contribution in [0.15, 0.2) is 41.0 Å². The second-order valence-corrected chi connectivity index (χ2v) is 4.50. The molecule has 2 rings (SSSR count). The van der Waals surface area contributed by atoms with E-state index in [4.69, 9.17) is 14.3 Å². The van der Waals surface area contributed by atoms with Crippen LogP contribution in [0.25, 0.3) is 11.5 Å². The van der Waals surface area contributed by atoms with E-state index < -0.39 is 0 Å². The van der Waals surface area contributed by atoms with Crippen LogP contribution < -0.4 is 0 Å².